The molecule has 1 aliphatic heterocycles. The number of nitrogens with one attached hydrogen (secondary N) is 1. The zero-order chi connectivity index (χ0) is 17.9. The summed E-state index contributed by atoms with van der Waals surface area (Å²) in [6.45, 7) is 6.51. The average Bonchev–Trinajstić information content (AvgIpc) is 2.65. The molecule has 1 heterocycles. The van der Waals surface area contributed by atoms with Gasteiger partial charge in [0.2, 0.25) is 5.91 Å². The largest absolute Gasteiger partial charge is 0.492 e. The highest BCUT2D eigenvalue weighted by Crippen LogP contribution is 2.11. The van der Waals surface area contributed by atoms with E-state index in [1.807, 2.05) is 4.90 Å². The van der Waals surface area contributed by atoms with Gasteiger partial charge in [0.05, 0.1) is 6.61 Å². The number of halogens is 1. The highest BCUT2D eigenvalue weighted by Gasteiger charge is 2.17. The Balaban J connectivity index is 1.73. The maximum absolute atomic E-state index is 12.9. The quantitative estimate of drug-likeness (QED) is 0.679. The molecule has 0 bridgehead atoms. The molecular weight excluding hydrogens is 325 g/mol. The molecule has 1 aromatic carbocycles. The van der Waals surface area contributed by atoms with E-state index < -0.39 is 0 Å². The Morgan fingerprint density at radius 1 is 1.16 bits per heavy atom. The minimum absolute atomic E-state index is 0.198. The van der Waals surface area contributed by atoms with E-state index in [0.717, 1.165) is 32.7 Å². The van der Waals surface area contributed by atoms with Gasteiger partial charge >= 0.3 is 0 Å². The van der Waals surface area contributed by atoms with Crippen LogP contribution in [0.5, 0.6) is 5.75 Å². The Bertz CT molecular complexity index is 507. The van der Waals surface area contributed by atoms with E-state index in [-0.39, 0.29) is 11.7 Å². The third-order valence-corrected chi connectivity index (χ3v) is 4.21. The molecule has 0 aromatic heterocycles. The van der Waals surface area contributed by atoms with Crippen LogP contribution in [0.2, 0.25) is 0 Å². The van der Waals surface area contributed by atoms with Gasteiger partial charge in [0.25, 0.3) is 0 Å². The zero-order valence-corrected chi connectivity index (χ0v) is 14.9. The number of benzene rings is 1. The molecule has 0 radical (unpaired) electrons. The molecule has 1 amide bonds. The number of nitrogens with zero attached hydrogens (tertiary/aromatic N) is 2. The summed E-state index contributed by atoms with van der Waals surface area (Å²) >= 11 is 0. The summed E-state index contributed by atoms with van der Waals surface area (Å²) in [6, 6.07) is 5.99. The van der Waals surface area contributed by atoms with Crippen LogP contribution in [-0.4, -0.2) is 81.8 Å². The van der Waals surface area contributed by atoms with Crippen molar-refractivity contribution in [2.24, 2.45) is 0 Å². The number of ether oxygens (including phenoxy) is 2. The third kappa shape index (κ3) is 7.37. The Kier molecular flexibility index (Phi) is 8.65. The van der Waals surface area contributed by atoms with Gasteiger partial charge in [-0.1, -0.05) is 0 Å². The highest BCUT2D eigenvalue weighted by atomic mass is 19.1. The van der Waals surface area contributed by atoms with Gasteiger partial charge in [0.15, 0.2) is 0 Å². The fourth-order valence-corrected chi connectivity index (χ4v) is 2.71. The Hall–Kier alpha value is -1.70. The SMILES string of the molecule is COCCN(CCOc1ccc(F)cc1)CCC(=O)N1CCNCC1. The summed E-state index contributed by atoms with van der Waals surface area (Å²) in [5.74, 6) is 0.564. The number of rotatable bonds is 10. The molecule has 0 saturated carbocycles. The number of hydrogen-bond donors (Lipinski definition) is 1. The molecule has 1 fully saturated rings. The van der Waals surface area contributed by atoms with E-state index in [0.29, 0.717) is 38.5 Å². The molecule has 1 aliphatic rings. The van der Waals surface area contributed by atoms with Gasteiger partial charge in [0, 0.05) is 59.3 Å². The van der Waals surface area contributed by atoms with E-state index in [1.54, 1.807) is 19.2 Å². The van der Waals surface area contributed by atoms with Gasteiger partial charge in [-0.05, 0) is 24.3 Å². The molecule has 0 atom stereocenters. The molecular formula is C18H28FN3O3. The fourth-order valence-electron chi connectivity index (χ4n) is 2.71. The summed E-state index contributed by atoms with van der Waals surface area (Å²) in [4.78, 5) is 16.4. The smallest absolute Gasteiger partial charge is 0.223 e. The lowest BCUT2D eigenvalue weighted by molar-refractivity contribution is -0.132. The van der Waals surface area contributed by atoms with Crippen molar-refractivity contribution >= 4 is 5.91 Å². The highest BCUT2D eigenvalue weighted by molar-refractivity contribution is 5.76. The number of carbonyl (C=O) groups excluding carboxylic acids is 1. The van der Waals surface area contributed by atoms with Gasteiger partial charge < -0.3 is 19.7 Å². The van der Waals surface area contributed by atoms with Crippen molar-refractivity contribution in [3.8, 4) is 5.75 Å². The molecule has 140 valence electrons. The van der Waals surface area contributed by atoms with Gasteiger partial charge in [0.1, 0.15) is 18.2 Å². The maximum atomic E-state index is 12.9. The summed E-state index contributed by atoms with van der Waals surface area (Å²) < 4.78 is 23.7. The molecule has 1 aromatic rings. The van der Waals surface area contributed by atoms with Gasteiger partial charge in [-0.15, -0.1) is 0 Å². The van der Waals surface area contributed by atoms with E-state index in [9.17, 15) is 9.18 Å². The van der Waals surface area contributed by atoms with Crippen molar-refractivity contribution < 1.29 is 18.7 Å². The second-order valence-electron chi connectivity index (χ2n) is 6.02. The minimum atomic E-state index is -0.277. The molecule has 7 heteroatoms. The first-order chi connectivity index (χ1) is 12.2. The predicted molar refractivity (Wildman–Crippen MR) is 94.3 cm³/mol. The standard InChI is InChI=1S/C18H28FN3O3/c1-24-14-12-21(9-6-18(23)22-10-7-20-8-11-22)13-15-25-17-4-2-16(19)3-5-17/h2-5,20H,6-15H2,1H3. The number of hydrogen-bond acceptors (Lipinski definition) is 5. The summed E-state index contributed by atoms with van der Waals surface area (Å²) in [7, 11) is 1.67. The lowest BCUT2D eigenvalue weighted by Crippen LogP contribution is -2.47. The summed E-state index contributed by atoms with van der Waals surface area (Å²) in [5, 5.41) is 3.25. The lowest BCUT2D eigenvalue weighted by atomic mass is 10.3. The minimum Gasteiger partial charge on any atom is -0.492 e. The third-order valence-electron chi connectivity index (χ3n) is 4.21. The van der Waals surface area contributed by atoms with Gasteiger partial charge in [-0.3, -0.25) is 9.69 Å². The monoisotopic (exact) mass is 353 g/mol. The first-order valence-electron chi connectivity index (χ1n) is 8.77. The second-order valence-corrected chi connectivity index (χ2v) is 6.02. The first-order valence-corrected chi connectivity index (χ1v) is 8.77. The number of carbonyl (C=O) groups is 1. The van der Waals surface area contributed by atoms with Crippen molar-refractivity contribution in [1.29, 1.82) is 0 Å². The number of piperazine rings is 1. The molecule has 25 heavy (non-hydrogen) atoms. The van der Waals surface area contributed by atoms with Crippen LogP contribution in [0.15, 0.2) is 24.3 Å². The van der Waals surface area contributed by atoms with Crippen molar-refractivity contribution in [2.45, 2.75) is 6.42 Å². The van der Waals surface area contributed by atoms with Crippen molar-refractivity contribution in [1.82, 2.24) is 15.1 Å². The lowest BCUT2D eigenvalue weighted by Gasteiger charge is -2.29. The van der Waals surface area contributed by atoms with Crippen LogP contribution >= 0.6 is 0 Å². The zero-order valence-electron chi connectivity index (χ0n) is 14.9. The molecule has 2 rings (SSSR count). The molecule has 0 unspecified atom stereocenters. The van der Waals surface area contributed by atoms with Crippen LogP contribution in [-0.2, 0) is 9.53 Å². The average molecular weight is 353 g/mol. The van der Waals surface area contributed by atoms with E-state index in [4.69, 9.17) is 9.47 Å². The molecule has 1 N–H and O–H groups in total. The van der Waals surface area contributed by atoms with Crippen LogP contribution in [0.25, 0.3) is 0 Å². The van der Waals surface area contributed by atoms with Crippen molar-refractivity contribution in [3.63, 3.8) is 0 Å². The number of methoxy groups -OCH3 is 1. The van der Waals surface area contributed by atoms with Crippen LogP contribution in [0.4, 0.5) is 4.39 Å². The molecule has 0 aliphatic carbocycles. The maximum Gasteiger partial charge on any atom is 0.223 e. The topological polar surface area (TPSA) is 54.0 Å². The van der Waals surface area contributed by atoms with Crippen molar-refractivity contribution in [2.75, 3.05) is 66.1 Å². The van der Waals surface area contributed by atoms with Gasteiger partial charge in [-0.2, -0.15) is 0 Å². The Morgan fingerprint density at radius 2 is 1.84 bits per heavy atom. The second kappa shape index (κ2) is 11.0. The molecule has 0 spiro atoms. The Labute approximate surface area is 148 Å². The van der Waals surface area contributed by atoms with Gasteiger partial charge in [-0.25, -0.2) is 4.39 Å². The fraction of sp³-hybridized carbons (Fsp3) is 0.611. The summed E-state index contributed by atoms with van der Waals surface area (Å²) in [6.07, 6.45) is 0.500. The van der Waals surface area contributed by atoms with E-state index >= 15 is 0 Å². The normalized spacial score (nSPS) is 14.8. The van der Waals surface area contributed by atoms with E-state index in [1.165, 1.54) is 12.1 Å². The van der Waals surface area contributed by atoms with Crippen LogP contribution in [0.1, 0.15) is 6.42 Å². The van der Waals surface area contributed by atoms with E-state index in [2.05, 4.69) is 10.2 Å². The van der Waals surface area contributed by atoms with Crippen LogP contribution in [0.3, 0.4) is 0 Å². The molecule has 6 nitrogen and oxygen atoms in total. The Morgan fingerprint density at radius 3 is 2.52 bits per heavy atom. The van der Waals surface area contributed by atoms with Crippen LogP contribution < -0.4 is 10.1 Å². The summed E-state index contributed by atoms with van der Waals surface area (Å²) in [5.41, 5.74) is 0. The predicted octanol–water partition coefficient (Wildman–Crippen LogP) is 0.975. The number of amides is 1. The van der Waals surface area contributed by atoms with Crippen molar-refractivity contribution in [3.05, 3.63) is 30.1 Å². The first kappa shape index (κ1) is 19.6. The van der Waals surface area contributed by atoms with Crippen LogP contribution in [0, 0.1) is 5.82 Å². The molecule has 1 saturated heterocycles.